The number of fused-ring (bicyclic) bond motifs is 1. The summed E-state index contributed by atoms with van der Waals surface area (Å²) in [5.74, 6) is 2.10. The Morgan fingerprint density at radius 2 is 2.12 bits per heavy atom. The maximum atomic E-state index is 12.2. The standard InChI is InChI=1S/C17H14BrN3O3/c1-2-3-6-17(20-21-17)7-8-19-16(23)15-10-13(22)12-9-11(18)4-5-14(12)24-15/h1,4-5,9-10H,3,6-8H2,(H,19,23). The Kier molecular flexibility index (Phi) is 4.49. The summed E-state index contributed by atoms with van der Waals surface area (Å²) in [5.41, 5.74) is -0.343. The normalized spacial score (nSPS) is 14.3. The fourth-order valence-corrected chi connectivity index (χ4v) is 2.73. The molecule has 24 heavy (non-hydrogen) atoms. The smallest absolute Gasteiger partial charge is 0.287 e. The van der Waals surface area contributed by atoms with Crippen molar-refractivity contribution in [3.05, 3.63) is 44.7 Å². The molecule has 122 valence electrons. The van der Waals surface area contributed by atoms with Gasteiger partial charge in [0, 0.05) is 36.3 Å². The first-order valence-electron chi connectivity index (χ1n) is 7.42. The number of benzene rings is 1. The zero-order chi connectivity index (χ0) is 17.2. The number of carbonyl (C=O) groups excluding carboxylic acids is 1. The number of nitrogens with zero attached hydrogens (tertiary/aromatic N) is 2. The first kappa shape index (κ1) is 16.4. The first-order chi connectivity index (χ1) is 11.5. The number of hydrogen-bond acceptors (Lipinski definition) is 5. The van der Waals surface area contributed by atoms with E-state index in [9.17, 15) is 9.59 Å². The zero-order valence-electron chi connectivity index (χ0n) is 12.7. The quantitative estimate of drug-likeness (QED) is 0.771. The van der Waals surface area contributed by atoms with Crippen molar-refractivity contribution in [2.75, 3.05) is 6.54 Å². The van der Waals surface area contributed by atoms with E-state index in [1.807, 2.05) is 0 Å². The molecular weight excluding hydrogens is 374 g/mol. The van der Waals surface area contributed by atoms with Crippen molar-refractivity contribution in [3.63, 3.8) is 0 Å². The number of nitrogens with one attached hydrogen (secondary N) is 1. The average Bonchev–Trinajstić information content (AvgIpc) is 3.33. The molecule has 1 aliphatic rings. The molecule has 2 heterocycles. The Morgan fingerprint density at radius 1 is 1.33 bits per heavy atom. The molecule has 7 heteroatoms. The summed E-state index contributed by atoms with van der Waals surface area (Å²) in [6.45, 7) is 0.374. The highest BCUT2D eigenvalue weighted by molar-refractivity contribution is 9.10. The van der Waals surface area contributed by atoms with Crippen molar-refractivity contribution < 1.29 is 9.21 Å². The van der Waals surface area contributed by atoms with E-state index in [1.165, 1.54) is 6.07 Å². The summed E-state index contributed by atoms with van der Waals surface area (Å²) in [7, 11) is 0. The lowest BCUT2D eigenvalue weighted by Crippen LogP contribution is -2.28. The molecule has 0 spiro atoms. The van der Waals surface area contributed by atoms with Crippen LogP contribution < -0.4 is 10.7 Å². The Hall–Kier alpha value is -2.46. The minimum Gasteiger partial charge on any atom is -0.451 e. The van der Waals surface area contributed by atoms with Crippen LogP contribution in [0.3, 0.4) is 0 Å². The highest BCUT2D eigenvalue weighted by atomic mass is 79.9. The molecule has 1 amide bonds. The lowest BCUT2D eigenvalue weighted by atomic mass is 10.0. The van der Waals surface area contributed by atoms with Gasteiger partial charge < -0.3 is 9.73 Å². The molecule has 0 fully saturated rings. The number of amides is 1. The minimum absolute atomic E-state index is 0.0165. The Morgan fingerprint density at radius 3 is 2.83 bits per heavy atom. The first-order valence-corrected chi connectivity index (χ1v) is 8.21. The second-order valence-corrected chi connectivity index (χ2v) is 6.42. The van der Waals surface area contributed by atoms with Crippen LogP contribution in [0.5, 0.6) is 0 Å². The van der Waals surface area contributed by atoms with Gasteiger partial charge in [-0.1, -0.05) is 15.9 Å². The van der Waals surface area contributed by atoms with Crippen molar-refractivity contribution in [1.82, 2.24) is 5.32 Å². The van der Waals surface area contributed by atoms with Crippen LogP contribution in [0.2, 0.25) is 0 Å². The number of hydrogen-bond donors (Lipinski definition) is 1. The lowest BCUT2D eigenvalue weighted by molar-refractivity contribution is 0.0924. The Balaban J connectivity index is 1.65. The van der Waals surface area contributed by atoms with E-state index in [0.717, 1.165) is 4.47 Å². The minimum atomic E-state index is -0.448. The summed E-state index contributed by atoms with van der Waals surface area (Å²) >= 11 is 3.30. The van der Waals surface area contributed by atoms with E-state index in [0.29, 0.717) is 36.8 Å². The molecule has 6 nitrogen and oxygen atoms in total. The van der Waals surface area contributed by atoms with Crippen LogP contribution in [-0.4, -0.2) is 18.1 Å². The van der Waals surface area contributed by atoms with Crippen molar-refractivity contribution in [3.8, 4) is 12.3 Å². The fourth-order valence-electron chi connectivity index (χ4n) is 2.37. The maximum absolute atomic E-state index is 12.2. The van der Waals surface area contributed by atoms with Gasteiger partial charge in [0.15, 0.2) is 16.9 Å². The van der Waals surface area contributed by atoms with Gasteiger partial charge in [-0.15, -0.1) is 12.3 Å². The maximum Gasteiger partial charge on any atom is 0.287 e. The third kappa shape index (κ3) is 3.54. The molecule has 0 saturated carbocycles. The molecule has 0 atom stereocenters. The van der Waals surface area contributed by atoms with Crippen LogP contribution in [0.15, 0.2) is 48.2 Å². The predicted molar refractivity (Wildman–Crippen MR) is 92.8 cm³/mol. The van der Waals surface area contributed by atoms with Gasteiger partial charge in [-0.2, -0.15) is 10.2 Å². The molecule has 1 N–H and O–H groups in total. The number of terminal acetylenes is 1. The van der Waals surface area contributed by atoms with Crippen molar-refractivity contribution in [1.29, 1.82) is 0 Å². The molecule has 0 radical (unpaired) electrons. The van der Waals surface area contributed by atoms with Gasteiger partial charge in [-0.25, -0.2) is 0 Å². The van der Waals surface area contributed by atoms with Gasteiger partial charge in [0.05, 0.1) is 5.39 Å². The van der Waals surface area contributed by atoms with Gasteiger partial charge in [0.1, 0.15) is 5.58 Å². The molecule has 1 aromatic heterocycles. The van der Waals surface area contributed by atoms with E-state index in [-0.39, 0.29) is 11.2 Å². The second-order valence-electron chi connectivity index (χ2n) is 5.51. The number of rotatable bonds is 6. The highest BCUT2D eigenvalue weighted by Crippen LogP contribution is 2.36. The molecular formula is C17H14BrN3O3. The monoisotopic (exact) mass is 387 g/mol. The fraction of sp³-hybridized carbons (Fsp3) is 0.294. The third-order valence-corrected chi connectivity index (χ3v) is 4.27. The number of carbonyl (C=O) groups is 1. The number of halogens is 1. The molecule has 0 bridgehead atoms. The van der Waals surface area contributed by atoms with Gasteiger partial charge >= 0.3 is 0 Å². The van der Waals surface area contributed by atoms with Crippen molar-refractivity contribution in [2.45, 2.75) is 24.9 Å². The highest BCUT2D eigenvalue weighted by Gasteiger charge is 2.38. The summed E-state index contributed by atoms with van der Waals surface area (Å²) in [4.78, 5) is 24.3. The van der Waals surface area contributed by atoms with Crippen LogP contribution in [-0.2, 0) is 0 Å². The molecule has 2 aromatic rings. The summed E-state index contributed by atoms with van der Waals surface area (Å²) in [6.07, 6.45) is 7.09. The summed E-state index contributed by atoms with van der Waals surface area (Å²) in [5, 5.41) is 11.2. The lowest BCUT2D eigenvalue weighted by Gasteiger charge is -2.09. The topological polar surface area (TPSA) is 84.0 Å². The van der Waals surface area contributed by atoms with Crippen LogP contribution in [0.4, 0.5) is 0 Å². The van der Waals surface area contributed by atoms with E-state index < -0.39 is 11.6 Å². The molecule has 3 rings (SSSR count). The zero-order valence-corrected chi connectivity index (χ0v) is 14.3. The Labute approximate surface area is 146 Å². The Bertz CT molecular complexity index is 921. The molecule has 0 saturated heterocycles. The van der Waals surface area contributed by atoms with Crippen molar-refractivity contribution in [2.24, 2.45) is 10.2 Å². The van der Waals surface area contributed by atoms with Crippen LogP contribution in [0.1, 0.15) is 29.8 Å². The van der Waals surface area contributed by atoms with Gasteiger partial charge in [-0.05, 0) is 18.2 Å². The van der Waals surface area contributed by atoms with Gasteiger partial charge in [-0.3, -0.25) is 9.59 Å². The van der Waals surface area contributed by atoms with Crippen LogP contribution in [0.25, 0.3) is 11.0 Å². The third-order valence-electron chi connectivity index (χ3n) is 3.78. The van der Waals surface area contributed by atoms with E-state index in [4.69, 9.17) is 10.8 Å². The molecule has 1 aromatic carbocycles. The largest absolute Gasteiger partial charge is 0.451 e. The van der Waals surface area contributed by atoms with Gasteiger partial charge in [0.2, 0.25) is 0 Å². The van der Waals surface area contributed by atoms with E-state index >= 15 is 0 Å². The molecule has 0 aliphatic carbocycles. The average molecular weight is 388 g/mol. The second kappa shape index (κ2) is 6.57. The molecule has 1 aliphatic heterocycles. The SMILES string of the molecule is C#CCCC1(CCNC(=O)c2cc(=O)c3cc(Br)ccc3o2)N=N1. The van der Waals surface area contributed by atoms with E-state index in [2.05, 4.69) is 37.4 Å². The molecule has 0 unspecified atom stereocenters. The van der Waals surface area contributed by atoms with Crippen molar-refractivity contribution >= 4 is 32.8 Å². The summed E-state index contributed by atoms with van der Waals surface area (Å²) in [6, 6.07) is 6.25. The summed E-state index contributed by atoms with van der Waals surface area (Å²) < 4.78 is 6.29. The van der Waals surface area contributed by atoms with Gasteiger partial charge in [0.25, 0.3) is 5.91 Å². The predicted octanol–water partition coefficient (Wildman–Crippen LogP) is 3.25. The van der Waals surface area contributed by atoms with E-state index in [1.54, 1.807) is 18.2 Å². The van der Waals surface area contributed by atoms with Crippen LogP contribution in [0, 0.1) is 12.3 Å². The van der Waals surface area contributed by atoms with Crippen LogP contribution >= 0.6 is 15.9 Å².